The van der Waals surface area contributed by atoms with Crippen LogP contribution in [0.5, 0.6) is 0 Å². The van der Waals surface area contributed by atoms with Gasteiger partial charge in [-0.1, -0.05) is 18.2 Å². The normalized spacial score (nSPS) is 12.8. The van der Waals surface area contributed by atoms with Crippen molar-refractivity contribution in [1.82, 2.24) is 4.98 Å². The predicted octanol–water partition coefficient (Wildman–Crippen LogP) is 4.15. The molecular weight excluding hydrogens is 378 g/mol. The molecule has 1 aromatic heterocycles. The quantitative estimate of drug-likeness (QED) is 0.629. The molecule has 0 spiro atoms. The van der Waals surface area contributed by atoms with Crippen LogP contribution in [0.4, 0.5) is 5.69 Å². The van der Waals surface area contributed by atoms with E-state index in [4.69, 9.17) is 10.00 Å². The fourth-order valence-corrected chi connectivity index (χ4v) is 3.99. The zero-order valence-electron chi connectivity index (χ0n) is 16.7. The van der Waals surface area contributed by atoms with Crippen LogP contribution in [0.15, 0.2) is 48.5 Å². The lowest BCUT2D eigenvalue weighted by Crippen LogP contribution is -2.35. The summed E-state index contributed by atoms with van der Waals surface area (Å²) < 4.78 is 5.32. The third kappa shape index (κ3) is 4.06. The van der Waals surface area contributed by atoms with Crippen molar-refractivity contribution in [2.75, 3.05) is 18.1 Å². The van der Waals surface area contributed by atoms with E-state index in [1.165, 1.54) is 22.6 Å². The number of nitriles is 1. The number of para-hydroxylation sites is 1. The van der Waals surface area contributed by atoms with Gasteiger partial charge in [0.2, 0.25) is 0 Å². The molecule has 0 atom stereocenters. The van der Waals surface area contributed by atoms with Crippen LogP contribution in [-0.4, -0.2) is 30.0 Å². The molecule has 1 aliphatic rings. The number of nitrogens with one attached hydrogen (secondary N) is 1. The Hall–Kier alpha value is -3.59. The van der Waals surface area contributed by atoms with Crippen molar-refractivity contribution in [3.05, 3.63) is 65.4 Å². The van der Waals surface area contributed by atoms with Crippen LogP contribution in [0.3, 0.4) is 0 Å². The Bertz CT molecular complexity index is 1110. The number of aryl methyl sites for hydroxylation is 2. The van der Waals surface area contributed by atoms with Gasteiger partial charge in [0.05, 0.1) is 18.1 Å². The number of benzene rings is 2. The number of rotatable bonds is 6. The second kappa shape index (κ2) is 8.83. The van der Waals surface area contributed by atoms with Crippen molar-refractivity contribution in [3.63, 3.8) is 0 Å². The zero-order valence-corrected chi connectivity index (χ0v) is 16.7. The third-order valence-electron chi connectivity index (χ3n) is 5.48. The van der Waals surface area contributed by atoms with Gasteiger partial charge in [-0.2, -0.15) is 5.26 Å². The molecule has 0 bridgehead atoms. The van der Waals surface area contributed by atoms with Crippen LogP contribution in [0, 0.1) is 11.3 Å². The lowest BCUT2D eigenvalue weighted by atomic mass is 9.95. The van der Waals surface area contributed by atoms with Crippen LogP contribution in [0.2, 0.25) is 0 Å². The van der Waals surface area contributed by atoms with Gasteiger partial charge in [-0.15, -0.1) is 0 Å². The minimum atomic E-state index is -0.524. The second-order valence-electron chi connectivity index (χ2n) is 7.41. The summed E-state index contributed by atoms with van der Waals surface area (Å²) in [5, 5.41) is 9.95. The van der Waals surface area contributed by atoms with Crippen molar-refractivity contribution in [2.45, 2.75) is 32.1 Å². The van der Waals surface area contributed by atoms with Crippen LogP contribution in [-0.2, 0) is 22.4 Å². The number of fused-ring (bicyclic) bond motifs is 3. The summed E-state index contributed by atoms with van der Waals surface area (Å²) in [5.74, 6) is -0.880. The van der Waals surface area contributed by atoms with Crippen molar-refractivity contribution in [2.24, 2.45) is 0 Å². The summed E-state index contributed by atoms with van der Waals surface area (Å²) in [4.78, 5) is 30.2. The molecule has 0 saturated carbocycles. The maximum atomic E-state index is 12.7. The highest BCUT2D eigenvalue weighted by Crippen LogP contribution is 2.29. The van der Waals surface area contributed by atoms with Gasteiger partial charge in [-0.3, -0.25) is 4.79 Å². The maximum Gasteiger partial charge on any atom is 0.338 e. The second-order valence-corrected chi connectivity index (χ2v) is 7.41. The molecule has 6 nitrogen and oxygen atoms in total. The average Bonchev–Trinajstić information content (AvgIpc) is 3.16. The number of carbonyl (C=O) groups is 2. The van der Waals surface area contributed by atoms with E-state index in [-0.39, 0.29) is 25.5 Å². The Morgan fingerprint density at radius 3 is 2.70 bits per heavy atom. The Labute approximate surface area is 175 Å². The molecule has 0 saturated heterocycles. The van der Waals surface area contributed by atoms with Crippen molar-refractivity contribution in [3.8, 4) is 6.07 Å². The number of aromatic amines is 1. The Balaban J connectivity index is 1.47. The fourth-order valence-electron chi connectivity index (χ4n) is 3.99. The number of H-pyrrole nitrogens is 1. The van der Waals surface area contributed by atoms with Gasteiger partial charge >= 0.3 is 5.97 Å². The maximum absolute atomic E-state index is 12.7. The number of hydrogen-bond donors (Lipinski definition) is 1. The van der Waals surface area contributed by atoms with E-state index in [9.17, 15) is 9.59 Å². The Morgan fingerprint density at radius 2 is 1.90 bits per heavy atom. The lowest BCUT2D eigenvalue weighted by Gasteiger charge is -2.21. The van der Waals surface area contributed by atoms with Gasteiger partial charge in [-0.25, -0.2) is 4.79 Å². The number of nitrogens with zero attached hydrogens (tertiary/aromatic N) is 2. The SMILES string of the molecule is N#CCCN(C(=O)COC(=O)c1ccc2[nH]c3c(c2c1)CCCC3)c1ccccc1. The number of amides is 1. The molecule has 2 aromatic carbocycles. The molecule has 30 heavy (non-hydrogen) atoms. The summed E-state index contributed by atoms with van der Waals surface area (Å²) in [5.41, 5.74) is 4.68. The summed E-state index contributed by atoms with van der Waals surface area (Å²) in [6.45, 7) is -0.124. The highest BCUT2D eigenvalue weighted by atomic mass is 16.5. The summed E-state index contributed by atoms with van der Waals surface area (Å²) >= 11 is 0. The van der Waals surface area contributed by atoms with Gasteiger partial charge in [0, 0.05) is 28.8 Å². The summed E-state index contributed by atoms with van der Waals surface area (Å²) in [6, 6.07) is 16.6. The average molecular weight is 401 g/mol. The standard InChI is InChI=1S/C24H23N3O3/c25-13-6-14-27(18-7-2-1-3-8-18)23(28)16-30-24(29)17-11-12-22-20(15-17)19-9-4-5-10-21(19)26-22/h1-3,7-8,11-12,15,26H,4-6,9-10,14,16H2. The van der Waals surface area contributed by atoms with E-state index >= 15 is 0 Å². The molecule has 1 amide bonds. The highest BCUT2D eigenvalue weighted by Gasteiger charge is 2.20. The molecule has 0 aliphatic heterocycles. The molecular formula is C24H23N3O3. The lowest BCUT2D eigenvalue weighted by molar-refractivity contribution is -0.121. The minimum absolute atomic E-state index is 0.198. The number of carbonyl (C=O) groups excluding carboxylic acids is 2. The molecule has 3 aromatic rings. The van der Waals surface area contributed by atoms with E-state index in [1.54, 1.807) is 18.2 Å². The van der Waals surface area contributed by atoms with Crippen molar-refractivity contribution in [1.29, 1.82) is 5.26 Å². The topological polar surface area (TPSA) is 86.2 Å². The van der Waals surface area contributed by atoms with E-state index in [0.717, 1.165) is 30.2 Å². The predicted molar refractivity (Wildman–Crippen MR) is 114 cm³/mol. The van der Waals surface area contributed by atoms with Gasteiger partial charge in [0.1, 0.15) is 0 Å². The molecule has 6 heteroatoms. The third-order valence-corrected chi connectivity index (χ3v) is 5.48. The first-order chi connectivity index (χ1) is 14.7. The molecule has 1 heterocycles. The van der Waals surface area contributed by atoms with Gasteiger partial charge in [-0.05, 0) is 61.6 Å². The first kappa shape index (κ1) is 19.7. The van der Waals surface area contributed by atoms with Crippen LogP contribution in [0.1, 0.15) is 40.9 Å². The van der Waals surface area contributed by atoms with Crippen LogP contribution in [0.25, 0.3) is 10.9 Å². The number of aromatic nitrogens is 1. The molecule has 1 aliphatic carbocycles. The largest absolute Gasteiger partial charge is 0.452 e. The van der Waals surface area contributed by atoms with E-state index < -0.39 is 5.97 Å². The fraction of sp³-hybridized carbons (Fsp3) is 0.292. The monoisotopic (exact) mass is 401 g/mol. The van der Waals surface area contributed by atoms with Crippen LogP contribution >= 0.6 is 0 Å². The molecule has 0 unspecified atom stereocenters. The van der Waals surface area contributed by atoms with Crippen molar-refractivity contribution >= 4 is 28.5 Å². The minimum Gasteiger partial charge on any atom is -0.452 e. The number of ether oxygens (including phenoxy) is 1. The van der Waals surface area contributed by atoms with Gasteiger partial charge in [0.25, 0.3) is 5.91 Å². The molecule has 4 rings (SSSR count). The molecule has 152 valence electrons. The zero-order chi connectivity index (χ0) is 20.9. The number of hydrogen-bond acceptors (Lipinski definition) is 4. The molecule has 1 N–H and O–H groups in total. The smallest absolute Gasteiger partial charge is 0.338 e. The number of esters is 1. The summed E-state index contributed by atoms with van der Waals surface area (Å²) in [7, 11) is 0. The first-order valence-electron chi connectivity index (χ1n) is 10.2. The summed E-state index contributed by atoms with van der Waals surface area (Å²) in [6.07, 6.45) is 4.58. The van der Waals surface area contributed by atoms with E-state index in [2.05, 4.69) is 4.98 Å². The Kier molecular flexibility index (Phi) is 5.80. The van der Waals surface area contributed by atoms with E-state index in [0.29, 0.717) is 11.3 Å². The van der Waals surface area contributed by atoms with Crippen molar-refractivity contribution < 1.29 is 14.3 Å². The molecule has 0 fully saturated rings. The number of anilines is 1. The van der Waals surface area contributed by atoms with Gasteiger partial charge < -0.3 is 14.6 Å². The van der Waals surface area contributed by atoms with Crippen LogP contribution < -0.4 is 4.90 Å². The highest BCUT2D eigenvalue weighted by molar-refractivity contribution is 5.99. The Morgan fingerprint density at radius 1 is 1.10 bits per heavy atom. The van der Waals surface area contributed by atoms with E-state index in [1.807, 2.05) is 36.4 Å². The van der Waals surface area contributed by atoms with Gasteiger partial charge in [0.15, 0.2) is 6.61 Å². The molecule has 0 radical (unpaired) electrons. The first-order valence-corrected chi connectivity index (χ1v) is 10.2.